The molecule has 2 aliphatic carbocycles. The normalized spacial score (nSPS) is 21.5. The monoisotopic (exact) mass is 1390 g/mol. The van der Waals surface area contributed by atoms with Gasteiger partial charge in [-0.3, -0.25) is 19.2 Å². The highest BCUT2D eigenvalue weighted by Crippen LogP contribution is 2.36. The Bertz CT molecular complexity index is 5720. The maximum Gasteiger partial charge on any atom is 0.416 e. The number of hydrogen-bond acceptors (Lipinski definition) is 10. The van der Waals surface area contributed by atoms with Crippen LogP contribution in [0, 0.1) is 24.5 Å². The van der Waals surface area contributed by atoms with Crippen molar-refractivity contribution in [3.63, 3.8) is 0 Å². The number of hydrogen-bond donors (Lipinski definition) is 0. The number of benzene rings is 6. The molecule has 0 saturated heterocycles. The van der Waals surface area contributed by atoms with E-state index in [2.05, 4.69) is 9.97 Å². The molecule has 0 spiro atoms. The minimum atomic E-state index is -5.24. The number of fused-ring (bicyclic) bond motifs is 2. The van der Waals surface area contributed by atoms with Crippen molar-refractivity contribution >= 4 is 35.3 Å². The molecular formula is C74H80F8N8O4S2. The number of likely N-dealkylation sites (N-methyl/N-ethyl adjacent to an activating group) is 2. The molecule has 10 rings (SSSR count). The molecule has 8 aromatic rings. The van der Waals surface area contributed by atoms with Crippen molar-refractivity contribution in [2.24, 2.45) is 5.89 Å². The van der Waals surface area contributed by atoms with E-state index >= 15 is 4.79 Å². The molecule has 2 heterocycles. The van der Waals surface area contributed by atoms with Crippen LogP contribution in [-0.2, 0) is 85.0 Å². The quantitative estimate of drug-likeness (QED) is 0.0295. The zero-order chi connectivity index (χ0) is 97.3. The van der Waals surface area contributed by atoms with E-state index < -0.39 is 256 Å². The largest absolute Gasteiger partial charge is 0.416 e. The van der Waals surface area contributed by atoms with E-state index in [0.29, 0.717) is 27.5 Å². The Hall–Kier alpha value is -7.92. The molecule has 2 amide bonds. The summed E-state index contributed by atoms with van der Waals surface area (Å²) in [7, 11) is 0. The zero-order valence-corrected chi connectivity index (χ0v) is 53.5. The summed E-state index contributed by atoms with van der Waals surface area (Å²) < 4.78 is 392. The third-order valence-electron chi connectivity index (χ3n) is 14.2. The molecule has 0 saturated carbocycles. The number of rotatable bonds is 26. The Balaban J connectivity index is 0.000000292. The Morgan fingerprint density at radius 2 is 1.06 bits per heavy atom. The van der Waals surface area contributed by atoms with Crippen molar-refractivity contribution in [1.29, 1.82) is 0 Å². The lowest BCUT2D eigenvalue weighted by atomic mass is 9.98. The minimum Gasteiger partial charge on any atom is -0.336 e. The maximum atomic E-state index is 15.3. The molecule has 12 nitrogen and oxygen atoms in total. The fourth-order valence-electron chi connectivity index (χ4n) is 9.18. The molecule has 2 aliphatic rings. The first-order valence-electron chi connectivity index (χ1n) is 45.3. The average Bonchev–Trinajstić information content (AvgIpc) is 1.50. The number of amides is 2. The average molecular weight is 1390 g/mol. The van der Waals surface area contributed by atoms with E-state index in [1.807, 2.05) is 0 Å². The van der Waals surface area contributed by atoms with E-state index in [1.54, 1.807) is 13.8 Å². The number of alkyl halides is 6. The topological polar surface area (TPSA) is 117 Å². The molecular weight excluding hydrogens is 1280 g/mol. The van der Waals surface area contributed by atoms with E-state index in [4.69, 9.17) is 35.6 Å². The van der Waals surface area contributed by atoms with Crippen molar-refractivity contribution in [2.75, 3.05) is 52.2 Å². The molecule has 2 aromatic heterocycles. The van der Waals surface area contributed by atoms with E-state index in [-0.39, 0.29) is 101 Å². The molecule has 0 aliphatic heterocycles. The predicted molar refractivity (Wildman–Crippen MR) is 362 cm³/mol. The first-order valence-corrected chi connectivity index (χ1v) is 31.0. The highest BCUT2D eigenvalue weighted by atomic mass is 32.2. The number of halogens is 8. The standard InChI is InChI=1S/C38H42F4N4O2S.C36H38F4N4O2S/c1-5-44(6-2)17-18-45(22-27-7-11-29(12-8-27)30-13-16-33(26(4)21-30)38(40,41)42)35(47)23-46-34-20-25(3)19-32(34)36(48)43-37(46)49-24-28-9-14-31(39)15-10-28;1-3-42(4-2)20-21-43(22-25-8-12-27(13-9-25)28-14-16-29(17-15-28)36(38,39)40)33(45)23-44-32-7-5-6-31(32)34(46)41-35(44)47-24-26-10-18-30(37)19-11-26/h7-16,21,25H,5-6,17-20,22-24H2,1-4H3;8-19H,3-7,20-24H2,1-2H3/i7D,8D,11D,12D,13D,16D,17D2,18D2,19D2,20D2,21D,23D2,24D2,25D;10D,11D,18D,19D,20D2,21D2,23D2,24D2. The lowest BCUT2D eigenvalue weighted by molar-refractivity contribution is -0.138. The number of carbonyl (C=O) groups excluding carboxylic acids is 2. The Kier molecular flexibility index (Phi) is 13.9. The van der Waals surface area contributed by atoms with Gasteiger partial charge in [0.15, 0.2) is 10.3 Å². The van der Waals surface area contributed by atoms with Crippen LogP contribution in [0.15, 0.2) is 159 Å². The van der Waals surface area contributed by atoms with Crippen molar-refractivity contribution in [2.45, 2.75) is 134 Å². The summed E-state index contributed by atoms with van der Waals surface area (Å²) >= 11 is -0.227. The summed E-state index contributed by atoms with van der Waals surface area (Å²) in [5, 5.41) is -2.05. The van der Waals surface area contributed by atoms with E-state index in [9.17, 15) is 57.7 Å². The van der Waals surface area contributed by atoms with Gasteiger partial charge >= 0.3 is 12.4 Å². The number of thioether (sulfide) groups is 2. The molecule has 1 unspecified atom stereocenters. The van der Waals surface area contributed by atoms with Gasteiger partial charge in [-0.2, -0.15) is 36.3 Å². The fraction of sp³-hybridized carbons (Fsp3) is 0.378. The SMILES string of the molecule is [2H]c1c([2H])c(-c2c([2H])c([2H])c(C(F)(F)F)c(C)c2[2H])c([2H])c([2H])c1CN(C(=O)C([2H])([2H])n1c(SC([2H])([2H])c2ccc(F)cc2)nc(=O)c2c1C([2H])([2H])C([2H])(C)C2([2H])[2H])C([2H])([2H])C([2H])([2H])N(CC)CC.[2H]c1c([2H])c(C([2H])([2H])Sc2nc(=O)c3c(n2C([2H])([2H])C(=O)N(Cc2ccc(-c4ccc(C(F)(F)F)cc4)cc2)C([2H])([2H])C([2H])([2H])N(CC)CC)CCC3)c([2H])c([2H])c1F. The van der Waals surface area contributed by atoms with Gasteiger partial charge in [-0.15, -0.1) is 0 Å². The molecule has 508 valence electrons. The van der Waals surface area contributed by atoms with Crippen LogP contribution in [0.3, 0.4) is 0 Å². The smallest absolute Gasteiger partial charge is 0.336 e. The van der Waals surface area contributed by atoms with Crippen LogP contribution in [0.25, 0.3) is 22.3 Å². The molecule has 22 heteroatoms. The molecule has 6 aromatic carbocycles. The zero-order valence-electron chi connectivity index (χ0n) is 83.8. The van der Waals surface area contributed by atoms with Crippen LogP contribution in [-0.4, -0.2) is 103 Å². The fourth-order valence-corrected chi connectivity index (χ4v) is 10.6. The summed E-state index contributed by atoms with van der Waals surface area (Å²) in [6.45, 7) is -17.0. The van der Waals surface area contributed by atoms with Crippen LogP contribution in [0.5, 0.6) is 0 Å². The summed E-state index contributed by atoms with van der Waals surface area (Å²) in [5.74, 6) is -9.39. The van der Waals surface area contributed by atoms with Gasteiger partial charge in [-0.1, -0.05) is 155 Å². The second-order valence-electron chi connectivity index (χ2n) is 20.7. The lowest BCUT2D eigenvalue weighted by Gasteiger charge is -2.28. The van der Waals surface area contributed by atoms with Crippen molar-refractivity contribution in [3.8, 4) is 22.3 Å². The first kappa shape index (κ1) is 40.7. The van der Waals surface area contributed by atoms with Crippen LogP contribution >= 0.6 is 23.5 Å². The van der Waals surface area contributed by atoms with Crippen LogP contribution in [0.1, 0.15) is 146 Å². The highest BCUT2D eigenvalue weighted by molar-refractivity contribution is 7.98. The highest BCUT2D eigenvalue weighted by Gasteiger charge is 2.34. The van der Waals surface area contributed by atoms with Gasteiger partial charge in [0.2, 0.25) is 11.8 Å². The van der Waals surface area contributed by atoms with Gasteiger partial charge in [-0.05, 0) is 163 Å². The van der Waals surface area contributed by atoms with Gasteiger partial charge < -0.3 is 28.7 Å². The predicted octanol–water partition coefficient (Wildman–Crippen LogP) is 15.0. The molecule has 0 bridgehead atoms. The molecule has 96 heavy (non-hydrogen) atoms. The lowest BCUT2D eigenvalue weighted by Crippen LogP contribution is -2.40. The van der Waals surface area contributed by atoms with Gasteiger partial charge in [-0.25, -0.2) is 8.78 Å². The van der Waals surface area contributed by atoms with Gasteiger partial charge in [0, 0.05) is 90.8 Å². The van der Waals surface area contributed by atoms with Gasteiger partial charge in [0.25, 0.3) is 11.1 Å². The second kappa shape index (κ2) is 32.9. The number of aromatic nitrogens is 4. The van der Waals surface area contributed by atoms with Gasteiger partial charge in [0.1, 0.15) is 24.6 Å². The van der Waals surface area contributed by atoms with Gasteiger partial charge in [0.05, 0.1) is 37.2 Å². The maximum absolute atomic E-state index is 15.3. The Morgan fingerprint density at radius 3 is 1.60 bits per heavy atom. The summed E-state index contributed by atoms with van der Waals surface area (Å²) in [5.41, 5.74) is -18.1. The second-order valence-corrected chi connectivity index (χ2v) is 22.3. The molecule has 0 N–H and O–H groups in total. The summed E-state index contributed by atoms with van der Waals surface area (Å²) in [6.07, 6.45) is -16.4. The van der Waals surface area contributed by atoms with Crippen LogP contribution < -0.4 is 11.1 Å². The Labute approximate surface area is 608 Å². The summed E-state index contributed by atoms with van der Waals surface area (Å²) in [6, 6.07) is 0.152. The third kappa shape index (κ3) is 19.0. The van der Waals surface area contributed by atoms with E-state index in [0.717, 1.165) is 53.1 Å². The van der Waals surface area contributed by atoms with Crippen LogP contribution in [0.4, 0.5) is 35.1 Å². The minimum absolute atomic E-state index is 0.0236. The Morgan fingerprint density at radius 1 is 0.573 bits per heavy atom. The number of nitrogens with zero attached hydrogens (tertiary/aromatic N) is 8. The molecule has 0 radical (unpaired) electrons. The number of carbonyl (C=O) groups is 2. The van der Waals surface area contributed by atoms with Crippen molar-refractivity contribution in [1.82, 2.24) is 38.7 Å². The first-order chi connectivity index (χ1) is 58.4. The third-order valence-corrected chi connectivity index (χ3v) is 15.8. The van der Waals surface area contributed by atoms with E-state index in [1.165, 1.54) is 50.2 Å². The van der Waals surface area contributed by atoms with Crippen molar-refractivity contribution in [3.05, 3.63) is 233 Å². The molecule has 0 fully saturated rings. The van der Waals surface area contributed by atoms with Crippen molar-refractivity contribution < 1.29 is 88.6 Å². The molecule has 1 atom stereocenters. The van der Waals surface area contributed by atoms with Crippen LogP contribution in [0.2, 0.25) is 0 Å². The summed E-state index contributed by atoms with van der Waals surface area (Å²) in [4.78, 5) is 66.6.